The Hall–Kier alpha value is -4.33. The largest absolute Gasteiger partial charge is 0.496 e. The third-order valence-electron chi connectivity index (χ3n) is 6.94. The molecule has 0 spiro atoms. The molecule has 0 bridgehead atoms. The number of aliphatic carboxylic acids is 1. The number of benzene rings is 1. The van der Waals surface area contributed by atoms with Gasteiger partial charge >= 0.3 is 5.97 Å². The molecule has 0 aliphatic heterocycles. The zero-order chi connectivity index (χ0) is 31.1. The van der Waals surface area contributed by atoms with Crippen LogP contribution in [-0.4, -0.2) is 56.9 Å². The van der Waals surface area contributed by atoms with Crippen molar-refractivity contribution in [2.24, 2.45) is 5.92 Å². The second kappa shape index (κ2) is 14.2. The Morgan fingerprint density at radius 3 is 2.60 bits per heavy atom. The number of halogens is 1. The lowest BCUT2D eigenvalue weighted by atomic mass is 10.0. The van der Waals surface area contributed by atoms with Crippen molar-refractivity contribution in [1.82, 2.24) is 24.8 Å². The van der Waals surface area contributed by atoms with Crippen LogP contribution in [0.15, 0.2) is 36.7 Å². The Labute approximate surface area is 256 Å². The molecule has 4 aromatic rings. The third kappa shape index (κ3) is 7.95. The molecule has 0 saturated carbocycles. The normalized spacial score (nSPS) is 11.8. The van der Waals surface area contributed by atoms with Gasteiger partial charge in [0.25, 0.3) is 0 Å². The molecule has 4 N–H and O–H groups in total. The predicted molar refractivity (Wildman–Crippen MR) is 168 cm³/mol. The molecule has 0 fully saturated rings. The SMILES string of the molecule is COc1c(C)cnc(Cn2cc(C#Cc3ccc(OCCCN[C@@H](CC(C)C)C(=O)O)cc3)c3c(Cl)nc(N)nc32)c1C. The van der Waals surface area contributed by atoms with Crippen LogP contribution in [0.5, 0.6) is 11.5 Å². The number of nitrogen functional groups attached to an aromatic ring is 1. The van der Waals surface area contributed by atoms with Crippen molar-refractivity contribution in [3.8, 4) is 23.3 Å². The van der Waals surface area contributed by atoms with Crippen LogP contribution >= 0.6 is 11.6 Å². The Bertz CT molecular complexity index is 1660. The number of carboxylic acids is 1. The van der Waals surface area contributed by atoms with Crippen molar-refractivity contribution < 1.29 is 19.4 Å². The maximum Gasteiger partial charge on any atom is 0.320 e. The van der Waals surface area contributed by atoms with Crippen molar-refractivity contribution in [3.05, 3.63) is 69.8 Å². The topological polar surface area (TPSA) is 137 Å². The van der Waals surface area contributed by atoms with E-state index >= 15 is 0 Å². The van der Waals surface area contributed by atoms with Gasteiger partial charge in [-0.05, 0) is 63.4 Å². The molecule has 226 valence electrons. The fourth-order valence-electron chi connectivity index (χ4n) is 4.82. The summed E-state index contributed by atoms with van der Waals surface area (Å²) in [5, 5.41) is 13.3. The molecule has 10 nitrogen and oxygen atoms in total. The number of aryl methyl sites for hydroxylation is 1. The fraction of sp³-hybridized carbons (Fsp3) is 0.375. The van der Waals surface area contributed by atoms with Gasteiger partial charge in [-0.15, -0.1) is 0 Å². The van der Waals surface area contributed by atoms with E-state index in [0.717, 1.165) is 28.1 Å². The number of nitrogens with two attached hydrogens (primary N) is 1. The van der Waals surface area contributed by atoms with Crippen molar-refractivity contribution in [2.45, 2.75) is 53.1 Å². The quantitative estimate of drug-likeness (QED) is 0.116. The molecule has 4 rings (SSSR count). The first-order chi connectivity index (χ1) is 20.6. The number of anilines is 1. The van der Waals surface area contributed by atoms with Crippen LogP contribution < -0.4 is 20.5 Å². The summed E-state index contributed by atoms with van der Waals surface area (Å²) in [6.07, 6.45) is 4.94. The number of fused-ring (bicyclic) bond motifs is 1. The van der Waals surface area contributed by atoms with Gasteiger partial charge in [0.15, 0.2) is 0 Å². The minimum Gasteiger partial charge on any atom is -0.496 e. The number of nitrogens with one attached hydrogen (secondary N) is 1. The smallest absolute Gasteiger partial charge is 0.320 e. The standard InChI is InChI=1S/C32H37ClN6O4/c1-19(2)15-25(31(40)41)35-13-6-14-43-24-11-8-22(9-12-24)7-10-23-17-39(30-27(23)29(33)37-32(34)38-30)18-26-21(4)28(42-5)20(3)16-36-26/h8-9,11-12,16-17,19,25,35H,6,13-15,18H2,1-5H3,(H,40,41)(H2,34,37,38)/t25-/m0/s1. The first-order valence-electron chi connectivity index (χ1n) is 14.1. The number of rotatable bonds is 12. The fourth-order valence-corrected chi connectivity index (χ4v) is 5.09. The van der Waals surface area contributed by atoms with E-state index in [1.54, 1.807) is 13.3 Å². The number of hydrogen-bond acceptors (Lipinski definition) is 8. The number of carbonyl (C=O) groups is 1. The van der Waals surface area contributed by atoms with Crippen LogP contribution in [0.2, 0.25) is 5.15 Å². The molecule has 3 heterocycles. The monoisotopic (exact) mass is 604 g/mol. The summed E-state index contributed by atoms with van der Waals surface area (Å²) >= 11 is 6.51. The van der Waals surface area contributed by atoms with E-state index in [9.17, 15) is 9.90 Å². The van der Waals surface area contributed by atoms with Crippen LogP contribution in [-0.2, 0) is 11.3 Å². The molecular weight excluding hydrogens is 568 g/mol. The second-order valence-corrected chi connectivity index (χ2v) is 11.1. The number of carboxylic acid groups (broad SMARTS) is 1. The Morgan fingerprint density at radius 1 is 1.19 bits per heavy atom. The van der Waals surface area contributed by atoms with Crippen LogP contribution in [0.3, 0.4) is 0 Å². The number of pyridine rings is 1. The Balaban J connectivity index is 1.46. The van der Waals surface area contributed by atoms with E-state index in [4.69, 9.17) is 26.8 Å². The predicted octanol–water partition coefficient (Wildman–Crippen LogP) is 4.99. The van der Waals surface area contributed by atoms with E-state index < -0.39 is 12.0 Å². The van der Waals surface area contributed by atoms with Crippen LogP contribution in [0, 0.1) is 31.6 Å². The van der Waals surface area contributed by atoms with Crippen LogP contribution in [0.1, 0.15) is 54.6 Å². The summed E-state index contributed by atoms with van der Waals surface area (Å²) in [4.78, 5) is 24.6. The Kier molecular flexibility index (Phi) is 10.5. The summed E-state index contributed by atoms with van der Waals surface area (Å²) in [6.45, 7) is 9.40. The van der Waals surface area contributed by atoms with Crippen LogP contribution in [0.4, 0.5) is 5.95 Å². The molecule has 0 saturated heterocycles. The molecule has 43 heavy (non-hydrogen) atoms. The molecule has 0 amide bonds. The zero-order valence-corrected chi connectivity index (χ0v) is 25.8. The van der Waals surface area contributed by atoms with Crippen LogP contribution in [0.25, 0.3) is 11.0 Å². The maximum absolute atomic E-state index is 11.4. The lowest BCUT2D eigenvalue weighted by Gasteiger charge is -2.16. The summed E-state index contributed by atoms with van der Waals surface area (Å²) in [6, 6.07) is 6.93. The maximum atomic E-state index is 11.4. The van der Waals surface area contributed by atoms with Gasteiger partial charge < -0.3 is 30.2 Å². The summed E-state index contributed by atoms with van der Waals surface area (Å²) in [5.41, 5.74) is 10.7. The average molecular weight is 605 g/mol. The third-order valence-corrected chi connectivity index (χ3v) is 7.21. The molecule has 1 aromatic carbocycles. The van der Waals surface area contributed by atoms with E-state index in [-0.39, 0.29) is 11.1 Å². The summed E-state index contributed by atoms with van der Waals surface area (Å²) in [5.74, 6) is 7.46. The number of aromatic nitrogens is 4. The minimum atomic E-state index is -0.825. The van der Waals surface area contributed by atoms with E-state index in [0.29, 0.717) is 60.8 Å². The van der Waals surface area contributed by atoms with Gasteiger partial charge in [-0.3, -0.25) is 9.78 Å². The highest BCUT2D eigenvalue weighted by Gasteiger charge is 2.18. The molecule has 11 heteroatoms. The highest BCUT2D eigenvalue weighted by molar-refractivity contribution is 6.34. The van der Waals surface area contributed by atoms with E-state index in [1.807, 2.05) is 62.7 Å². The van der Waals surface area contributed by atoms with Gasteiger partial charge in [0.1, 0.15) is 28.3 Å². The molecule has 0 aliphatic rings. The van der Waals surface area contributed by atoms with Gasteiger partial charge in [-0.1, -0.05) is 37.3 Å². The molecule has 0 unspecified atom stereocenters. The van der Waals surface area contributed by atoms with Crippen molar-refractivity contribution in [2.75, 3.05) is 26.0 Å². The van der Waals surface area contributed by atoms with Gasteiger partial charge in [-0.2, -0.15) is 4.98 Å². The van der Waals surface area contributed by atoms with E-state index in [2.05, 4.69) is 32.1 Å². The number of methoxy groups -OCH3 is 1. The molecule has 3 aromatic heterocycles. The van der Waals surface area contributed by atoms with Crippen molar-refractivity contribution in [3.63, 3.8) is 0 Å². The summed E-state index contributed by atoms with van der Waals surface area (Å²) < 4.78 is 13.3. The van der Waals surface area contributed by atoms with Crippen molar-refractivity contribution in [1.29, 1.82) is 0 Å². The molecule has 1 atom stereocenters. The highest BCUT2D eigenvalue weighted by atomic mass is 35.5. The number of ether oxygens (including phenoxy) is 2. The van der Waals surface area contributed by atoms with Crippen molar-refractivity contribution >= 4 is 34.6 Å². The minimum absolute atomic E-state index is 0.0751. The number of hydrogen-bond donors (Lipinski definition) is 3. The first-order valence-corrected chi connectivity index (χ1v) is 14.5. The van der Waals surface area contributed by atoms with E-state index in [1.165, 1.54) is 0 Å². The zero-order valence-electron chi connectivity index (χ0n) is 25.1. The molecular formula is C32H37ClN6O4. The van der Waals surface area contributed by atoms with Gasteiger partial charge in [0, 0.05) is 29.1 Å². The lowest BCUT2D eigenvalue weighted by Crippen LogP contribution is -2.38. The second-order valence-electron chi connectivity index (χ2n) is 10.7. The lowest BCUT2D eigenvalue weighted by molar-refractivity contribution is -0.139. The van der Waals surface area contributed by atoms with Gasteiger partial charge in [0.05, 0.1) is 36.9 Å². The highest BCUT2D eigenvalue weighted by Crippen LogP contribution is 2.29. The summed E-state index contributed by atoms with van der Waals surface area (Å²) in [7, 11) is 1.65. The number of nitrogens with zero attached hydrogens (tertiary/aromatic N) is 4. The van der Waals surface area contributed by atoms with Gasteiger partial charge in [-0.25, -0.2) is 4.98 Å². The molecule has 0 radical (unpaired) electrons. The van der Waals surface area contributed by atoms with Gasteiger partial charge in [0.2, 0.25) is 5.95 Å². The average Bonchev–Trinajstić information content (AvgIpc) is 3.30. The molecule has 0 aliphatic carbocycles. The first kappa shape index (κ1) is 31.6. The Morgan fingerprint density at radius 2 is 1.93 bits per heavy atom.